The van der Waals surface area contributed by atoms with E-state index in [9.17, 15) is 9.59 Å². The molecule has 1 aromatic carbocycles. The van der Waals surface area contributed by atoms with Crippen LogP contribution in [0.2, 0.25) is 0 Å². The van der Waals surface area contributed by atoms with Crippen molar-refractivity contribution in [3.05, 3.63) is 58.8 Å². The van der Waals surface area contributed by atoms with Crippen LogP contribution in [0.1, 0.15) is 39.2 Å². The maximum Gasteiger partial charge on any atom is 0.417 e. The number of likely N-dealkylation sites (N-methyl/N-ethyl adjacent to an activating group) is 1. The first-order valence-corrected chi connectivity index (χ1v) is 13.2. The Labute approximate surface area is 231 Å². The van der Waals surface area contributed by atoms with Gasteiger partial charge in [0.1, 0.15) is 17.2 Å². The van der Waals surface area contributed by atoms with Gasteiger partial charge in [-0.05, 0) is 70.9 Å². The molecular formula is C28H34N8O4. The number of hydrogen-bond acceptors (Lipinski definition) is 10. The zero-order valence-corrected chi connectivity index (χ0v) is 23.3. The van der Waals surface area contributed by atoms with Crippen molar-refractivity contribution >= 4 is 46.2 Å². The fourth-order valence-electron chi connectivity index (χ4n) is 4.53. The molecule has 12 heteroatoms. The number of hydrogen-bond donors (Lipinski definition) is 3. The molecular weight excluding hydrogens is 512 g/mol. The largest absolute Gasteiger partial charge is 0.444 e. The fraction of sp³-hybridized carbons (Fsp3) is 0.393. The number of amides is 1. The number of oxazole rings is 1. The Morgan fingerprint density at radius 1 is 1.15 bits per heavy atom. The van der Waals surface area contributed by atoms with Crippen molar-refractivity contribution in [2.45, 2.75) is 52.2 Å². The third-order valence-corrected chi connectivity index (χ3v) is 6.61. The number of carbonyl (C=O) groups excluding carboxylic acids is 1. The highest BCUT2D eigenvalue weighted by atomic mass is 16.6. The standard InChI is InChI=1S/C28H34N8O4/c1-17-14-30-25(34-24(17)31-18-8-10-22-21(13-18)33-26(37)39-22)32-19-9-11-23(29-15-19)36-12-6-7-20(16-36)35(5)27(38)40-28(2,3)4/h8-11,13-15,20H,6-7,12,16H2,1-5H3,(H,33,37)(H2,30,31,32,34). The molecule has 0 spiro atoms. The summed E-state index contributed by atoms with van der Waals surface area (Å²) in [4.78, 5) is 44.2. The van der Waals surface area contributed by atoms with E-state index in [1.807, 2.05) is 45.9 Å². The Morgan fingerprint density at radius 3 is 2.70 bits per heavy atom. The Kier molecular flexibility index (Phi) is 7.33. The minimum absolute atomic E-state index is 0.0459. The lowest BCUT2D eigenvalue weighted by molar-refractivity contribution is 0.0209. The highest BCUT2D eigenvalue weighted by molar-refractivity contribution is 5.78. The molecule has 1 unspecified atom stereocenters. The molecule has 1 aliphatic rings. The number of aryl methyl sites for hydroxylation is 1. The van der Waals surface area contributed by atoms with E-state index in [0.717, 1.165) is 42.1 Å². The second-order valence-corrected chi connectivity index (χ2v) is 10.9. The van der Waals surface area contributed by atoms with Crippen LogP contribution in [0.25, 0.3) is 11.1 Å². The van der Waals surface area contributed by atoms with Gasteiger partial charge in [-0.15, -0.1) is 0 Å². The van der Waals surface area contributed by atoms with Gasteiger partial charge in [-0.2, -0.15) is 4.98 Å². The van der Waals surface area contributed by atoms with Gasteiger partial charge < -0.3 is 29.6 Å². The lowest BCUT2D eigenvalue weighted by Gasteiger charge is -2.38. The van der Waals surface area contributed by atoms with Gasteiger partial charge >= 0.3 is 11.8 Å². The van der Waals surface area contributed by atoms with Crippen LogP contribution < -0.4 is 21.3 Å². The number of nitrogens with one attached hydrogen (secondary N) is 3. The molecule has 5 rings (SSSR count). The lowest BCUT2D eigenvalue weighted by Crippen LogP contribution is -2.50. The number of aromatic nitrogens is 4. The van der Waals surface area contributed by atoms with Crippen LogP contribution in [-0.2, 0) is 4.74 Å². The van der Waals surface area contributed by atoms with Gasteiger partial charge in [0.05, 0.1) is 23.4 Å². The van der Waals surface area contributed by atoms with E-state index < -0.39 is 11.4 Å². The molecule has 1 fully saturated rings. The number of carbonyl (C=O) groups is 1. The quantitative estimate of drug-likeness (QED) is 0.304. The molecule has 0 radical (unpaired) electrons. The Hall–Kier alpha value is -4.61. The highest BCUT2D eigenvalue weighted by Gasteiger charge is 2.29. The topological polar surface area (TPSA) is 142 Å². The molecule has 12 nitrogen and oxygen atoms in total. The normalized spacial score (nSPS) is 15.6. The van der Waals surface area contributed by atoms with Crippen LogP contribution in [0.5, 0.6) is 0 Å². The van der Waals surface area contributed by atoms with Crippen LogP contribution in [0, 0.1) is 6.92 Å². The molecule has 210 valence electrons. The number of aromatic amines is 1. The summed E-state index contributed by atoms with van der Waals surface area (Å²) in [6.45, 7) is 9.08. The molecule has 0 bridgehead atoms. The molecule has 0 aliphatic carbocycles. The molecule has 4 aromatic rings. The minimum Gasteiger partial charge on any atom is -0.444 e. The average molecular weight is 547 g/mol. The van der Waals surface area contributed by atoms with Crippen molar-refractivity contribution < 1.29 is 13.9 Å². The average Bonchev–Trinajstić information content (AvgIpc) is 3.29. The molecule has 1 aliphatic heterocycles. The zero-order valence-electron chi connectivity index (χ0n) is 23.3. The maximum atomic E-state index is 12.5. The number of anilines is 5. The van der Waals surface area contributed by atoms with E-state index in [1.54, 1.807) is 36.5 Å². The first-order chi connectivity index (χ1) is 19.0. The van der Waals surface area contributed by atoms with Crippen molar-refractivity contribution in [3.8, 4) is 0 Å². The fourth-order valence-corrected chi connectivity index (χ4v) is 4.53. The predicted octanol–water partition coefficient (Wildman–Crippen LogP) is 4.94. The first kappa shape index (κ1) is 27.0. The third kappa shape index (κ3) is 6.33. The minimum atomic E-state index is -0.530. The summed E-state index contributed by atoms with van der Waals surface area (Å²) in [5.41, 5.74) is 2.91. The second-order valence-electron chi connectivity index (χ2n) is 10.9. The predicted molar refractivity (Wildman–Crippen MR) is 154 cm³/mol. The molecule has 1 atom stereocenters. The van der Waals surface area contributed by atoms with E-state index in [0.29, 0.717) is 29.4 Å². The van der Waals surface area contributed by atoms with Crippen LogP contribution in [0.15, 0.2) is 51.9 Å². The van der Waals surface area contributed by atoms with Crippen LogP contribution >= 0.6 is 0 Å². The van der Waals surface area contributed by atoms with E-state index >= 15 is 0 Å². The molecule has 4 heterocycles. The van der Waals surface area contributed by atoms with Gasteiger partial charge in [-0.3, -0.25) is 4.98 Å². The maximum absolute atomic E-state index is 12.5. The highest BCUT2D eigenvalue weighted by Crippen LogP contribution is 2.25. The number of nitrogens with zero attached hydrogens (tertiary/aromatic N) is 5. The van der Waals surface area contributed by atoms with Crippen LogP contribution in [-0.4, -0.2) is 62.7 Å². The van der Waals surface area contributed by atoms with Crippen molar-refractivity contribution in [2.24, 2.45) is 0 Å². The lowest BCUT2D eigenvalue weighted by atomic mass is 10.0. The Balaban J connectivity index is 1.23. The summed E-state index contributed by atoms with van der Waals surface area (Å²) in [7, 11) is 1.80. The van der Waals surface area contributed by atoms with Crippen molar-refractivity contribution in [2.75, 3.05) is 35.7 Å². The van der Waals surface area contributed by atoms with Gasteiger partial charge in [0.15, 0.2) is 5.58 Å². The molecule has 0 saturated carbocycles. The molecule has 1 saturated heterocycles. The van der Waals surface area contributed by atoms with E-state index in [4.69, 9.17) is 9.15 Å². The Bertz CT molecular complexity index is 1560. The van der Waals surface area contributed by atoms with Crippen molar-refractivity contribution in [3.63, 3.8) is 0 Å². The van der Waals surface area contributed by atoms with Gasteiger partial charge in [0.2, 0.25) is 5.95 Å². The molecule has 3 N–H and O–H groups in total. The van der Waals surface area contributed by atoms with Crippen molar-refractivity contribution in [1.82, 2.24) is 24.8 Å². The summed E-state index contributed by atoms with van der Waals surface area (Å²) in [5.74, 6) is 1.38. The number of pyridine rings is 1. The van der Waals surface area contributed by atoms with Gasteiger partial charge in [-0.25, -0.2) is 19.6 Å². The monoisotopic (exact) mass is 546 g/mol. The molecule has 3 aromatic heterocycles. The summed E-state index contributed by atoms with van der Waals surface area (Å²) < 4.78 is 10.6. The third-order valence-electron chi connectivity index (χ3n) is 6.61. The van der Waals surface area contributed by atoms with E-state index in [-0.39, 0.29) is 12.1 Å². The number of fused-ring (bicyclic) bond motifs is 1. The summed E-state index contributed by atoms with van der Waals surface area (Å²) in [6, 6.07) is 9.25. The second kappa shape index (κ2) is 10.9. The SMILES string of the molecule is Cc1cnc(Nc2ccc(N3CCCC(N(C)C(=O)OC(C)(C)C)C3)nc2)nc1Nc1ccc2oc(=O)[nH]c2c1. The molecule has 40 heavy (non-hydrogen) atoms. The van der Waals surface area contributed by atoms with E-state index in [2.05, 4.69) is 35.5 Å². The molecule has 1 amide bonds. The smallest absolute Gasteiger partial charge is 0.417 e. The summed E-state index contributed by atoms with van der Waals surface area (Å²) in [6.07, 6.45) is 5.04. The number of H-pyrrole nitrogens is 1. The first-order valence-electron chi connectivity index (χ1n) is 13.2. The van der Waals surface area contributed by atoms with Gasteiger partial charge in [0.25, 0.3) is 0 Å². The van der Waals surface area contributed by atoms with Crippen LogP contribution in [0.4, 0.5) is 33.8 Å². The summed E-state index contributed by atoms with van der Waals surface area (Å²) in [5, 5.41) is 6.48. The van der Waals surface area contributed by atoms with Crippen LogP contribution in [0.3, 0.4) is 0 Å². The summed E-state index contributed by atoms with van der Waals surface area (Å²) >= 11 is 0. The number of piperidine rings is 1. The number of benzene rings is 1. The van der Waals surface area contributed by atoms with Gasteiger partial charge in [-0.1, -0.05) is 0 Å². The van der Waals surface area contributed by atoms with E-state index in [1.165, 1.54) is 0 Å². The number of rotatable bonds is 6. The zero-order chi connectivity index (χ0) is 28.4. The van der Waals surface area contributed by atoms with Crippen molar-refractivity contribution in [1.29, 1.82) is 0 Å². The Morgan fingerprint density at radius 2 is 1.95 bits per heavy atom. The number of ether oxygens (including phenoxy) is 1. The van der Waals surface area contributed by atoms with Gasteiger partial charge in [0, 0.05) is 37.6 Å².